The molecular weight excluding hydrogens is 431 g/mol. The van der Waals surface area contributed by atoms with Gasteiger partial charge in [0.25, 0.3) is 0 Å². The Kier molecular flexibility index (Phi) is 5.14. The van der Waals surface area contributed by atoms with Gasteiger partial charge in [-0.1, -0.05) is 41.4 Å². The van der Waals surface area contributed by atoms with E-state index in [-0.39, 0.29) is 6.04 Å². The molecule has 2 heterocycles. The number of allylic oxidation sites excluding steroid dienone is 1. The maximum Gasteiger partial charge on any atom is 0.227 e. The van der Waals surface area contributed by atoms with Gasteiger partial charge in [0.2, 0.25) is 5.95 Å². The van der Waals surface area contributed by atoms with Gasteiger partial charge in [-0.25, -0.2) is 4.68 Å². The van der Waals surface area contributed by atoms with E-state index in [1.807, 2.05) is 77.5 Å². The minimum absolute atomic E-state index is 0.212. The molecule has 0 radical (unpaired) electrons. The van der Waals surface area contributed by atoms with E-state index < -0.39 is 0 Å². The number of nitrogens with one attached hydrogen (secondary N) is 1. The van der Waals surface area contributed by atoms with Crippen LogP contribution in [0.3, 0.4) is 0 Å². The predicted molar refractivity (Wildman–Crippen MR) is 125 cm³/mol. The molecule has 0 amide bonds. The van der Waals surface area contributed by atoms with Gasteiger partial charge in [-0.15, -0.1) is 5.10 Å². The molecule has 154 valence electrons. The number of hydrogen-bond donors (Lipinski definition) is 1. The summed E-state index contributed by atoms with van der Waals surface area (Å²) in [6, 6.07) is 22.9. The Morgan fingerprint density at radius 1 is 0.903 bits per heavy atom. The van der Waals surface area contributed by atoms with Crippen molar-refractivity contribution in [1.29, 1.82) is 0 Å². The lowest BCUT2D eigenvalue weighted by molar-refractivity contribution is 0.415. The topological polar surface area (TPSA) is 52.0 Å². The highest BCUT2D eigenvalue weighted by Crippen LogP contribution is 2.36. The van der Waals surface area contributed by atoms with Gasteiger partial charge in [-0.3, -0.25) is 0 Å². The number of halogens is 2. The first-order chi connectivity index (χ1) is 15.1. The summed E-state index contributed by atoms with van der Waals surface area (Å²) in [7, 11) is 1.65. The van der Waals surface area contributed by atoms with Crippen LogP contribution in [-0.4, -0.2) is 21.9 Å². The molecule has 0 saturated heterocycles. The third kappa shape index (κ3) is 3.78. The van der Waals surface area contributed by atoms with Crippen LogP contribution in [0, 0.1) is 0 Å². The summed E-state index contributed by atoms with van der Waals surface area (Å²) >= 11 is 12.6. The first-order valence-electron chi connectivity index (χ1n) is 9.72. The van der Waals surface area contributed by atoms with E-state index in [9.17, 15) is 0 Å². The summed E-state index contributed by atoms with van der Waals surface area (Å²) in [6.45, 7) is 0. The van der Waals surface area contributed by atoms with Crippen molar-refractivity contribution in [2.45, 2.75) is 6.04 Å². The number of benzene rings is 3. The lowest BCUT2D eigenvalue weighted by Crippen LogP contribution is -2.20. The summed E-state index contributed by atoms with van der Waals surface area (Å²) in [6.07, 6.45) is 2.11. The van der Waals surface area contributed by atoms with Crippen molar-refractivity contribution >= 4 is 34.8 Å². The second-order valence-electron chi connectivity index (χ2n) is 7.11. The molecule has 1 N–H and O–H groups in total. The molecule has 0 fully saturated rings. The SMILES string of the molecule is COc1ccc(C2=CC(c3ccccc3Cl)n3nc(-c4ccc(Cl)cc4)nc3N2)cc1. The molecule has 0 saturated carbocycles. The normalized spacial score (nSPS) is 15.1. The van der Waals surface area contributed by atoms with Crippen molar-refractivity contribution in [3.8, 4) is 17.1 Å². The van der Waals surface area contributed by atoms with Crippen LogP contribution in [0.15, 0.2) is 78.9 Å². The fourth-order valence-electron chi connectivity index (χ4n) is 3.59. The maximum absolute atomic E-state index is 6.56. The van der Waals surface area contributed by atoms with Crippen LogP contribution in [0.4, 0.5) is 5.95 Å². The third-order valence-electron chi connectivity index (χ3n) is 5.19. The molecule has 1 aliphatic heterocycles. The largest absolute Gasteiger partial charge is 0.497 e. The minimum Gasteiger partial charge on any atom is -0.497 e. The smallest absolute Gasteiger partial charge is 0.227 e. The fourth-order valence-corrected chi connectivity index (χ4v) is 3.96. The van der Waals surface area contributed by atoms with Gasteiger partial charge in [0.15, 0.2) is 5.82 Å². The second kappa shape index (κ2) is 8.10. The Morgan fingerprint density at radius 3 is 2.32 bits per heavy atom. The molecule has 5 rings (SSSR count). The summed E-state index contributed by atoms with van der Waals surface area (Å²) < 4.78 is 7.15. The van der Waals surface area contributed by atoms with E-state index in [2.05, 4.69) is 11.4 Å². The Morgan fingerprint density at radius 2 is 1.61 bits per heavy atom. The molecule has 4 aromatic rings. The molecule has 31 heavy (non-hydrogen) atoms. The minimum atomic E-state index is -0.212. The number of hydrogen-bond acceptors (Lipinski definition) is 4. The van der Waals surface area contributed by atoms with Crippen LogP contribution < -0.4 is 10.1 Å². The number of rotatable bonds is 4. The maximum atomic E-state index is 6.56. The monoisotopic (exact) mass is 448 g/mol. The van der Waals surface area contributed by atoms with Gasteiger partial charge in [-0.2, -0.15) is 4.98 Å². The van der Waals surface area contributed by atoms with Gasteiger partial charge >= 0.3 is 0 Å². The molecular formula is C24H18Cl2N4O. The van der Waals surface area contributed by atoms with Crippen molar-refractivity contribution in [1.82, 2.24) is 14.8 Å². The number of methoxy groups -OCH3 is 1. The zero-order valence-electron chi connectivity index (χ0n) is 16.6. The molecule has 0 spiro atoms. The van der Waals surface area contributed by atoms with Gasteiger partial charge < -0.3 is 10.1 Å². The zero-order chi connectivity index (χ0) is 21.4. The standard InChI is InChI=1S/C24H18Cl2N4O/c1-31-18-12-8-15(9-13-18)21-14-22(19-4-2-3-5-20(19)26)30-24(27-21)28-23(29-30)16-6-10-17(25)11-7-16/h2-14,22H,1H3,(H,27,28,29). The molecule has 1 atom stereocenters. The quantitative estimate of drug-likeness (QED) is 0.396. The molecule has 1 aromatic heterocycles. The zero-order valence-corrected chi connectivity index (χ0v) is 18.1. The fraction of sp³-hybridized carbons (Fsp3) is 0.0833. The molecule has 3 aromatic carbocycles. The Balaban J connectivity index is 1.62. The van der Waals surface area contributed by atoms with Crippen LogP contribution >= 0.6 is 23.2 Å². The van der Waals surface area contributed by atoms with Crippen LogP contribution in [0.5, 0.6) is 5.75 Å². The van der Waals surface area contributed by atoms with Crippen LogP contribution in [0.1, 0.15) is 17.2 Å². The summed E-state index contributed by atoms with van der Waals surface area (Å²) in [5.74, 6) is 2.06. The lowest BCUT2D eigenvalue weighted by atomic mass is 10.0. The molecule has 1 aliphatic rings. The van der Waals surface area contributed by atoms with E-state index >= 15 is 0 Å². The highest BCUT2D eigenvalue weighted by molar-refractivity contribution is 6.31. The van der Waals surface area contributed by atoms with Crippen LogP contribution in [-0.2, 0) is 0 Å². The summed E-state index contributed by atoms with van der Waals surface area (Å²) in [5, 5.41) is 9.54. The average Bonchev–Trinajstić information content (AvgIpc) is 3.24. The Bertz CT molecular complexity index is 1260. The van der Waals surface area contributed by atoms with E-state index in [1.165, 1.54) is 0 Å². The summed E-state index contributed by atoms with van der Waals surface area (Å²) in [4.78, 5) is 4.75. The van der Waals surface area contributed by atoms with Crippen LogP contribution in [0.25, 0.3) is 17.1 Å². The highest BCUT2D eigenvalue weighted by Gasteiger charge is 2.27. The van der Waals surface area contributed by atoms with Gasteiger partial charge in [-0.05, 0) is 71.8 Å². The first kappa shape index (κ1) is 19.7. The van der Waals surface area contributed by atoms with Gasteiger partial charge in [0.05, 0.1) is 7.11 Å². The van der Waals surface area contributed by atoms with E-state index in [0.29, 0.717) is 21.8 Å². The van der Waals surface area contributed by atoms with Gasteiger partial charge in [0, 0.05) is 21.3 Å². The van der Waals surface area contributed by atoms with E-state index in [4.69, 9.17) is 38.0 Å². The van der Waals surface area contributed by atoms with Crippen molar-refractivity contribution < 1.29 is 4.74 Å². The Hall–Kier alpha value is -3.28. The Labute approximate surface area is 189 Å². The summed E-state index contributed by atoms with van der Waals surface area (Å²) in [5.41, 5.74) is 3.78. The molecule has 0 bridgehead atoms. The van der Waals surface area contributed by atoms with E-state index in [1.54, 1.807) is 7.11 Å². The number of anilines is 1. The molecule has 7 heteroatoms. The van der Waals surface area contributed by atoms with E-state index in [0.717, 1.165) is 28.1 Å². The second-order valence-corrected chi connectivity index (χ2v) is 7.95. The average molecular weight is 449 g/mol. The molecule has 0 aliphatic carbocycles. The first-order valence-corrected chi connectivity index (χ1v) is 10.5. The molecule has 5 nitrogen and oxygen atoms in total. The van der Waals surface area contributed by atoms with Crippen LogP contribution in [0.2, 0.25) is 10.0 Å². The number of ether oxygens (including phenoxy) is 1. The van der Waals surface area contributed by atoms with Crippen molar-refractivity contribution in [3.63, 3.8) is 0 Å². The van der Waals surface area contributed by atoms with Crippen molar-refractivity contribution in [2.24, 2.45) is 0 Å². The lowest BCUT2D eigenvalue weighted by Gasteiger charge is -2.25. The van der Waals surface area contributed by atoms with Gasteiger partial charge in [0.1, 0.15) is 11.8 Å². The number of aromatic nitrogens is 3. The predicted octanol–water partition coefficient (Wildman–Crippen LogP) is 6.32. The van der Waals surface area contributed by atoms with Crippen molar-refractivity contribution in [2.75, 3.05) is 12.4 Å². The number of nitrogens with zero attached hydrogens (tertiary/aromatic N) is 3. The highest BCUT2D eigenvalue weighted by atomic mass is 35.5. The molecule has 1 unspecified atom stereocenters. The third-order valence-corrected chi connectivity index (χ3v) is 5.79. The van der Waals surface area contributed by atoms with Crippen molar-refractivity contribution in [3.05, 3.63) is 100 Å². The number of fused-ring (bicyclic) bond motifs is 1.